The third kappa shape index (κ3) is 5.56. The molecule has 0 amide bonds. The molecule has 0 spiro atoms. The van der Waals surface area contributed by atoms with Crippen LogP contribution in [0.3, 0.4) is 0 Å². The predicted molar refractivity (Wildman–Crippen MR) is 92.8 cm³/mol. The second-order valence-corrected chi connectivity index (χ2v) is 8.32. The molecule has 1 aromatic carbocycles. The number of carbonyl (C=O) groups excluding carboxylic acids is 3. The summed E-state index contributed by atoms with van der Waals surface area (Å²) in [7, 11) is 0. The SMILES string of the molecule is CC(=O)O[C@@H]1[C@H](OC(C)=O)[C@H](C)O[C@H]([Se]c2ccccc2)[C@H]1OC(C)=O. The van der Waals surface area contributed by atoms with Gasteiger partial charge in [0.25, 0.3) is 0 Å². The van der Waals surface area contributed by atoms with Gasteiger partial charge in [-0.05, 0) is 0 Å². The molecule has 1 heterocycles. The molecule has 1 aromatic rings. The Morgan fingerprint density at radius 2 is 1.35 bits per heavy atom. The normalized spacial score (nSPS) is 28.1. The topological polar surface area (TPSA) is 88.1 Å². The van der Waals surface area contributed by atoms with Crippen molar-refractivity contribution in [3.63, 3.8) is 0 Å². The van der Waals surface area contributed by atoms with Crippen LogP contribution in [0.15, 0.2) is 30.3 Å². The fourth-order valence-corrected chi connectivity index (χ4v) is 5.13. The van der Waals surface area contributed by atoms with E-state index in [1.54, 1.807) is 6.92 Å². The van der Waals surface area contributed by atoms with Crippen LogP contribution in [0.5, 0.6) is 0 Å². The second-order valence-electron chi connectivity index (χ2n) is 5.86. The van der Waals surface area contributed by atoms with Gasteiger partial charge in [-0.1, -0.05) is 0 Å². The van der Waals surface area contributed by atoms with E-state index in [0.29, 0.717) is 0 Å². The average Bonchev–Trinajstić information content (AvgIpc) is 2.54. The van der Waals surface area contributed by atoms with E-state index in [4.69, 9.17) is 18.9 Å². The quantitative estimate of drug-likeness (QED) is 0.384. The van der Waals surface area contributed by atoms with E-state index >= 15 is 0 Å². The molecule has 142 valence electrons. The molecule has 8 heteroatoms. The Hall–Kier alpha value is -1.89. The third-order valence-corrected chi connectivity index (χ3v) is 6.05. The molecule has 0 aliphatic carbocycles. The van der Waals surface area contributed by atoms with Crippen LogP contribution in [-0.4, -0.2) is 62.3 Å². The standard InChI is InChI=1S/C18H22O7Se/c1-10-15(23-11(2)19)16(24-12(3)20)17(25-13(4)21)18(22-10)26-14-8-6-5-7-9-14/h5-10,15-18H,1-4H3/t10-,15+,16+,17-,18+/m0/s1. The van der Waals surface area contributed by atoms with Crippen LogP contribution in [0, 0.1) is 0 Å². The molecule has 0 bridgehead atoms. The first-order valence-corrected chi connectivity index (χ1v) is 10.0. The fraction of sp³-hybridized carbons (Fsp3) is 0.500. The number of ether oxygens (including phenoxy) is 4. The molecule has 0 aromatic heterocycles. The molecule has 1 saturated heterocycles. The van der Waals surface area contributed by atoms with Crippen molar-refractivity contribution in [2.24, 2.45) is 0 Å². The minimum atomic E-state index is -0.931. The minimum absolute atomic E-state index is 0.213. The van der Waals surface area contributed by atoms with Gasteiger partial charge in [0.1, 0.15) is 0 Å². The zero-order valence-corrected chi connectivity index (χ0v) is 16.8. The van der Waals surface area contributed by atoms with Crippen LogP contribution in [0.4, 0.5) is 0 Å². The first-order chi connectivity index (χ1) is 12.3. The van der Waals surface area contributed by atoms with Crippen LogP contribution in [-0.2, 0) is 33.3 Å². The van der Waals surface area contributed by atoms with Gasteiger partial charge < -0.3 is 0 Å². The summed E-state index contributed by atoms with van der Waals surface area (Å²) in [6.07, 6.45) is -3.17. The Labute approximate surface area is 158 Å². The molecule has 5 atom stereocenters. The Balaban J connectivity index is 2.33. The summed E-state index contributed by atoms with van der Waals surface area (Å²) in [4.78, 5) is 34.7. The second kappa shape index (κ2) is 9.16. The molecule has 0 radical (unpaired) electrons. The van der Waals surface area contributed by atoms with E-state index in [9.17, 15) is 14.4 Å². The summed E-state index contributed by atoms with van der Waals surface area (Å²) in [5, 5.41) is -0.486. The summed E-state index contributed by atoms with van der Waals surface area (Å²) in [6, 6.07) is 9.65. The number of hydrogen-bond acceptors (Lipinski definition) is 7. The molecule has 0 N–H and O–H groups in total. The van der Waals surface area contributed by atoms with Gasteiger partial charge in [0.15, 0.2) is 0 Å². The zero-order valence-electron chi connectivity index (χ0n) is 15.0. The van der Waals surface area contributed by atoms with Crippen LogP contribution in [0.1, 0.15) is 27.7 Å². The Kier molecular flexibility index (Phi) is 7.20. The van der Waals surface area contributed by atoms with Gasteiger partial charge in [0.05, 0.1) is 0 Å². The molecule has 1 fully saturated rings. The fourth-order valence-electron chi connectivity index (χ4n) is 2.70. The molecule has 0 unspecified atom stereocenters. The summed E-state index contributed by atoms with van der Waals surface area (Å²) < 4.78 is 23.2. The molecule has 2 rings (SSSR count). The Morgan fingerprint density at radius 3 is 1.88 bits per heavy atom. The van der Waals surface area contributed by atoms with Crippen molar-refractivity contribution < 1.29 is 33.3 Å². The molecule has 1 aliphatic heterocycles. The van der Waals surface area contributed by atoms with Crippen molar-refractivity contribution in [2.45, 2.75) is 57.1 Å². The third-order valence-electron chi connectivity index (χ3n) is 3.63. The molecular formula is C18H22O7Se. The number of esters is 3. The van der Waals surface area contributed by atoms with E-state index in [1.807, 2.05) is 30.3 Å². The maximum atomic E-state index is 11.6. The van der Waals surface area contributed by atoms with Crippen molar-refractivity contribution in [2.75, 3.05) is 0 Å². The average molecular weight is 429 g/mol. The number of carbonyl (C=O) groups is 3. The van der Waals surface area contributed by atoms with Crippen LogP contribution >= 0.6 is 0 Å². The molecule has 0 saturated carbocycles. The van der Waals surface area contributed by atoms with E-state index in [0.717, 1.165) is 4.46 Å². The van der Waals surface area contributed by atoms with Crippen molar-refractivity contribution >= 4 is 37.3 Å². The number of rotatable bonds is 5. The number of benzene rings is 1. The van der Waals surface area contributed by atoms with Crippen molar-refractivity contribution in [1.29, 1.82) is 0 Å². The van der Waals surface area contributed by atoms with Gasteiger partial charge in [0, 0.05) is 0 Å². The Bertz CT molecular complexity index is 648. The van der Waals surface area contributed by atoms with Crippen LogP contribution < -0.4 is 4.46 Å². The van der Waals surface area contributed by atoms with Crippen LogP contribution in [0.25, 0.3) is 0 Å². The van der Waals surface area contributed by atoms with Crippen molar-refractivity contribution in [1.82, 2.24) is 0 Å². The summed E-state index contributed by atoms with van der Waals surface area (Å²) >= 11 is -0.213. The van der Waals surface area contributed by atoms with Gasteiger partial charge in [-0.2, -0.15) is 0 Å². The molecular weight excluding hydrogens is 407 g/mol. The van der Waals surface area contributed by atoms with Gasteiger partial charge >= 0.3 is 158 Å². The van der Waals surface area contributed by atoms with Gasteiger partial charge in [-0.25, -0.2) is 0 Å². The predicted octanol–water partition coefficient (Wildman–Crippen LogP) is 0.556. The van der Waals surface area contributed by atoms with Crippen LogP contribution in [0.2, 0.25) is 0 Å². The first-order valence-electron chi connectivity index (χ1n) is 8.16. The van der Waals surface area contributed by atoms with Gasteiger partial charge in [-0.15, -0.1) is 0 Å². The maximum absolute atomic E-state index is 11.6. The van der Waals surface area contributed by atoms with E-state index in [-0.39, 0.29) is 15.0 Å². The zero-order chi connectivity index (χ0) is 19.3. The van der Waals surface area contributed by atoms with Gasteiger partial charge in [0.2, 0.25) is 0 Å². The Morgan fingerprint density at radius 1 is 0.846 bits per heavy atom. The van der Waals surface area contributed by atoms with E-state index in [1.165, 1.54) is 20.8 Å². The van der Waals surface area contributed by atoms with Gasteiger partial charge in [-0.3, -0.25) is 0 Å². The van der Waals surface area contributed by atoms with E-state index in [2.05, 4.69) is 0 Å². The molecule has 7 nitrogen and oxygen atoms in total. The molecule has 26 heavy (non-hydrogen) atoms. The summed E-state index contributed by atoms with van der Waals surface area (Å²) in [5.41, 5.74) is 0. The molecule has 1 aliphatic rings. The summed E-state index contributed by atoms with van der Waals surface area (Å²) in [6.45, 7) is 5.53. The summed E-state index contributed by atoms with van der Waals surface area (Å²) in [5.74, 6) is -1.61. The number of hydrogen-bond donors (Lipinski definition) is 0. The monoisotopic (exact) mass is 430 g/mol. The van der Waals surface area contributed by atoms with E-state index < -0.39 is 47.3 Å². The van der Waals surface area contributed by atoms with Crippen molar-refractivity contribution in [3.8, 4) is 0 Å². The van der Waals surface area contributed by atoms with Crippen molar-refractivity contribution in [3.05, 3.63) is 30.3 Å². The first kappa shape index (κ1) is 20.4.